The van der Waals surface area contributed by atoms with E-state index in [4.69, 9.17) is 9.47 Å². The first-order valence-electron chi connectivity index (χ1n) is 9.78. The Morgan fingerprint density at radius 3 is 2.19 bits per heavy atom. The molecule has 0 bridgehead atoms. The van der Waals surface area contributed by atoms with Crippen LogP contribution in [-0.4, -0.2) is 34.7 Å². The van der Waals surface area contributed by atoms with Gasteiger partial charge in [0.15, 0.2) is 0 Å². The fourth-order valence-corrected chi connectivity index (χ4v) is 4.27. The van der Waals surface area contributed by atoms with Crippen molar-refractivity contribution in [1.29, 1.82) is 0 Å². The Bertz CT molecular complexity index is 557. The first kappa shape index (κ1) is 22.4. The van der Waals surface area contributed by atoms with Crippen molar-refractivity contribution in [2.75, 3.05) is 13.2 Å². The lowest BCUT2D eigenvalue weighted by Crippen LogP contribution is -2.22. The minimum atomic E-state index is -0.167. The van der Waals surface area contributed by atoms with Crippen molar-refractivity contribution >= 4 is 26.6 Å². The van der Waals surface area contributed by atoms with Gasteiger partial charge in [0.2, 0.25) is 0 Å². The van der Waals surface area contributed by atoms with Crippen LogP contribution in [-0.2, 0) is 31.9 Å². The maximum atomic E-state index is 11.8. The second kappa shape index (κ2) is 13.6. The number of carbonyl (C=O) groups is 2. The van der Waals surface area contributed by atoms with Crippen molar-refractivity contribution in [3.8, 4) is 0 Å². The van der Waals surface area contributed by atoms with Gasteiger partial charge in [0.1, 0.15) is 0 Å². The van der Waals surface area contributed by atoms with Gasteiger partial charge in [-0.3, -0.25) is 9.59 Å². The number of hydrogen-bond acceptors (Lipinski definition) is 4. The molecule has 26 heavy (non-hydrogen) atoms. The lowest BCUT2D eigenvalue weighted by molar-refractivity contribution is -0.144. The topological polar surface area (TPSA) is 52.6 Å². The highest BCUT2D eigenvalue weighted by molar-refractivity contribution is 6.54. The Labute approximate surface area is 160 Å². The Balaban J connectivity index is 2.83. The zero-order valence-electron chi connectivity index (χ0n) is 16.4. The van der Waals surface area contributed by atoms with Crippen LogP contribution in [0.15, 0.2) is 18.2 Å². The number of rotatable bonds is 13. The Hall–Kier alpha value is -1.62. The normalized spacial score (nSPS) is 10.6. The fraction of sp³-hybridized carbons (Fsp3) is 0.619. The zero-order chi connectivity index (χ0) is 19.2. The van der Waals surface area contributed by atoms with Gasteiger partial charge in [-0.1, -0.05) is 55.6 Å². The van der Waals surface area contributed by atoms with E-state index in [9.17, 15) is 9.59 Å². The number of aryl methyl sites for hydroxylation is 1. The summed E-state index contributed by atoms with van der Waals surface area (Å²) in [7, 11) is 0.745. The van der Waals surface area contributed by atoms with Gasteiger partial charge in [-0.05, 0) is 37.8 Å². The predicted molar refractivity (Wildman–Crippen MR) is 106 cm³/mol. The van der Waals surface area contributed by atoms with Crippen molar-refractivity contribution in [3.63, 3.8) is 0 Å². The molecule has 0 aliphatic rings. The Kier molecular flexibility index (Phi) is 11.7. The third-order valence-corrected chi connectivity index (χ3v) is 5.61. The highest BCUT2D eigenvalue weighted by Crippen LogP contribution is 2.14. The van der Waals surface area contributed by atoms with Gasteiger partial charge in [-0.25, -0.2) is 0 Å². The molecular weight excluding hydrogens is 344 g/mol. The maximum Gasteiger partial charge on any atom is 0.306 e. The first-order valence-corrected chi connectivity index (χ1v) is 11.0. The van der Waals surface area contributed by atoms with Crippen LogP contribution in [0.25, 0.3) is 0 Å². The van der Waals surface area contributed by atoms with Crippen LogP contribution in [0.3, 0.4) is 0 Å². The summed E-state index contributed by atoms with van der Waals surface area (Å²) in [5, 5.41) is 1.33. The third kappa shape index (κ3) is 8.65. The highest BCUT2D eigenvalue weighted by Gasteiger charge is 2.13. The van der Waals surface area contributed by atoms with Crippen molar-refractivity contribution in [2.45, 2.75) is 71.8 Å². The third-order valence-electron chi connectivity index (χ3n) is 4.16. The van der Waals surface area contributed by atoms with Crippen molar-refractivity contribution in [1.82, 2.24) is 0 Å². The van der Waals surface area contributed by atoms with Crippen LogP contribution in [0.1, 0.15) is 64.0 Å². The second-order valence-electron chi connectivity index (χ2n) is 6.19. The zero-order valence-corrected chi connectivity index (χ0v) is 17.4. The fourth-order valence-electron chi connectivity index (χ4n) is 2.86. The summed E-state index contributed by atoms with van der Waals surface area (Å²) in [6, 6.07) is 7.48. The molecular formula is C21H32O4Si. The molecule has 0 aliphatic heterocycles. The van der Waals surface area contributed by atoms with E-state index >= 15 is 0 Å². The summed E-state index contributed by atoms with van der Waals surface area (Å²) in [4.78, 5) is 23.5. The van der Waals surface area contributed by atoms with E-state index in [2.05, 4.69) is 25.1 Å². The molecule has 0 heterocycles. The van der Waals surface area contributed by atoms with Crippen LogP contribution in [0.2, 0.25) is 6.04 Å². The molecule has 0 aromatic heterocycles. The van der Waals surface area contributed by atoms with E-state index in [0.29, 0.717) is 38.9 Å². The molecule has 1 aromatic carbocycles. The van der Waals surface area contributed by atoms with E-state index < -0.39 is 0 Å². The summed E-state index contributed by atoms with van der Waals surface area (Å²) in [5.74, 6) is -0.326. The molecule has 0 unspecified atom stereocenters. The van der Waals surface area contributed by atoms with Gasteiger partial charge < -0.3 is 9.47 Å². The molecule has 5 heteroatoms. The summed E-state index contributed by atoms with van der Waals surface area (Å²) >= 11 is 0. The molecule has 1 rings (SSSR count). The molecule has 1 aromatic rings. The van der Waals surface area contributed by atoms with E-state index in [0.717, 1.165) is 15.1 Å². The molecule has 0 spiro atoms. The molecule has 2 radical (unpaired) electrons. The van der Waals surface area contributed by atoms with Crippen LogP contribution in [0, 0.1) is 0 Å². The maximum absolute atomic E-state index is 11.8. The average Bonchev–Trinajstić information content (AvgIpc) is 2.63. The molecule has 0 amide bonds. The van der Waals surface area contributed by atoms with Gasteiger partial charge in [0, 0.05) is 12.8 Å². The summed E-state index contributed by atoms with van der Waals surface area (Å²) < 4.78 is 10.1. The molecule has 0 N–H and O–H groups in total. The number of carbonyl (C=O) groups excluding carboxylic acids is 2. The van der Waals surface area contributed by atoms with Crippen molar-refractivity contribution in [2.24, 2.45) is 0 Å². The smallest absolute Gasteiger partial charge is 0.306 e. The van der Waals surface area contributed by atoms with Crippen LogP contribution < -0.4 is 5.19 Å². The lowest BCUT2D eigenvalue weighted by Gasteiger charge is -2.15. The predicted octanol–water partition coefficient (Wildman–Crippen LogP) is 3.62. The minimum Gasteiger partial charge on any atom is -0.466 e. The van der Waals surface area contributed by atoms with Gasteiger partial charge in [0.05, 0.1) is 22.7 Å². The number of ether oxygens (including phenoxy) is 2. The Morgan fingerprint density at radius 1 is 0.923 bits per heavy atom. The van der Waals surface area contributed by atoms with Crippen LogP contribution in [0.4, 0.5) is 0 Å². The highest BCUT2D eigenvalue weighted by atomic mass is 28.2. The quantitative estimate of drug-likeness (QED) is 0.300. The van der Waals surface area contributed by atoms with Gasteiger partial charge in [-0.15, -0.1) is 0 Å². The number of esters is 2. The summed E-state index contributed by atoms with van der Waals surface area (Å²) in [6.07, 6.45) is 5.81. The number of benzene rings is 1. The molecule has 144 valence electrons. The monoisotopic (exact) mass is 376 g/mol. The standard InChI is InChI=1S/C21H32O4Si/c1-4-7-8-16-26-19-11-9-10-17(12-14-20(22)24-5-2)18(19)13-15-21(23)25-6-3/h9-11H,4-8,12-16H2,1-3H3. The van der Waals surface area contributed by atoms with Crippen LogP contribution in [0.5, 0.6) is 0 Å². The SMILES string of the molecule is CCCCC[Si]c1cccc(CCC(=O)OCC)c1CCC(=O)OCC. The summed E-state index contributed by atoms with van der Waals surface area (Å²) in [5.41, 5.74) is 2.38. The van der Waals surface area contributed by atoms with Gasteiger partial charge in [0.25, 0.3) is 0 Å². The van der Waals surface area contributed by atoms with Gasteiger partial charge in [-0.2, -0.15) is 0 Å². The molecule has 0 aliphatic carbocycles. The van der Waals surface area contributed by atoms with E-state index in [-0.39, 0.29) is 11.9 Å². The summed E-state index contributed by atoms with van der Waals surface area (Å²) in [6.45, 7) is 6.68. The Morgan fingerprint density at radius 2 is 1.58 bits per heavy atom. The average molecular weight is 377 g/mol. The lowest BCUT2D eigenvalue weighted by atomic mass is 9.99. The van der Waals surface area contributed by atoms with E-state index in [1.807, 2.05) is 13.8 Å². The molecule has 0 saturated heterocycles. The largest absolute Gasteiger partial charge is 0.466 e. The van der Waals surface area contributed by atoms with Crippen molar-refractivity contribution < 1.29 is 19.1 Å². The van der Waals surface area contributed by atoms with Crippen LogP contribution >= 0.6 is 0 Å². The van der Waals surface area contributed by atoms with E-state index in [1.165, 1.54) is 36.1 Å². The van der Waals surface area contributed by atoms with Crippen molar-refractivity contribution in [3.05, 3.63) is 29.3 Å². The molecule has 4 nitrogen and oxygen atoms in total. The minimum absolute atomic E-state index is 0.159. The first-order chi connectivity index (χ1) is 12.6. The number of unbranched alkanes of at least 4 members (excludes halogenated alkanes) is 2. The molecule has 0 atom stereocenters. The molecule has 0 saturated carbocycles. The second-order valence-corrected chi connectivity index (χ2v) is 7.58. The van der Waals surface area contributed by atoms with E-state index in [1.54, 1.807) is 0 Å². The number of hydrogen-bond donors (Lipinski definition) is 0. The van der Waals surface area contributed by atoms with Gasteiger partial charge >= 0.3 is 11.9 Å². The molecule has 0 fully saturated rings.